The number of fused-ring (bicyclic) bond motifs is 1. The largest absolute Gasteiger partial charge is 0.497 e. The van der Waals surface area contributed by atoms with Crippen molar-refractivity contribution in [1.29, 1.82) is 0 Å². The molecule has 1 aliphatic rings. The first-order chi connectivity index (χ1) is 17.0. The molecule has 2 amide bonds. The predicted molar refractivity (Wildman–Crippen MR) is 132 cm³/mol. The van der Waals surface area contributed by atoms with Crippen LogP contribution in [0.15, 0.2) is 60.9 Å². The van der Waals surface area contributed by atoms with E-state index < -0.39 is 0 Å². The Kier molecular flexibility index (Phi) is 6.05. The molecule has 178 valence electrons. The van der Waals surface area contributed by atoms with E-state index in [1.54, 1.807) is 37.6 Å². The summed E-state index contributed by atoms with van der Waals surface area (Å²) in [5, 5.41) is 14.5. The zero-order valence-corrected chi connectivity index (χ0v) is 19.6. The number of amides is 2. The maximum absolute atomic E-state index is 13.1. The molecule has 9 nitrogen and oxygen atoms in total. The van der Waals surface area contributed by atoms with Crippen LogP contribution in [0, 0.1) is 6.92 Å². The number of aromatic nitrogens is 4. The van der Waals surface area contributed by atoms with Crippen LogP contribution in [0.5, 0.6) is 5.75 Å². The lowest BCUT2D eigenvalue weighted by Gasteiger charge is -2.06. The lowest BCUT2D eigenvalue weighted by molar-refractivity contribution is -0.116. The molecule has 0 aliphatic heterocycles. The van der Waals surface area contributed by atoms with E-state index in [1.165, 1.54) is 16.4 Å². The number of hydrogen-bond acceptors (Lipinski definition) is 5. The predicted octanol–water partition coefficient (Wildman–Crippen LogP) is 3.77. The number of anilines is 2. The molecule has 0 atom stereocenters. The molecule has 0 unspecified atom stereocenters. The van der Waals surface area contributed by atoms with E-state index in [1.807, 2.05) is 35.9 Å². The SMILES string of the molecule is COc1ccc(NC(=O)Cn2cc(NC(=O)c3nn(-c4ccc(C)cc4)c4c3CCC4)cn2)cc1. The lowest BCUT2D eigenvalue weighted by atomic mass is 10.2. The van der Waals surface area contributed by atoms with Crippen LogP contribution in [-0.2, 0) is 24.2 Å². The first-order valence-electron chi connectivity index (χ1n) is 11.5. The second-order valence-electron chi connectivity index (χ2n) is 8.53. The van der Waals surface area contributed by atoms with Crippen LogP contribution in [0.25, 0.3) is 5.69 Å². The van der Waals surface area contributed by atoms with Crippen LogP contribution in [0.2, 0.25) is 0 Å². The lowest BCUT2D eigenvalue weighted by Crippen LogP contribution is -2.19. The highest BCUT2D eigenvalue weighted by Crippen LogP contribution is 2.28. The fraction of sp³-hybridized carbons (Fsp3) is 0.231. The van der Waals surface area contributed by atoms with E-state index in [0.717, 1.165) is 36.2 Å². The van der Waals surface area contributed by atoms with Gasteiger partial charge in [-0.2, -0.15) is 10.2 Å². The summed E-state index contributed by atoms with van der Waals surface area (Å²) in [5.74, 6) is 0.201. The molecule has 0 saturated heterocycles. The Labute approximate surface area is 202 Å². The monoisotopic (exact) mass is 470 g/mol. The molecule has 0 saturated carbocycles. The highest BCUT2D eigenvalue weighted by Gasteiger charge is 2.27. The molecule has 35 heavy (non-hydrogen) atoms. The van der Waals surface area contributed by atoms with E-state index in [4.69, 9.17) is 4.74 Å². The average Bonchev–Trinajstić information content (AvgIpc) is 3.57. The highest BCUT2D eigenvalue weighted by molar-refractivity contribution is 6.04. The number of nitrogens with one attached hydrogen (secondary N) is 2. The summed E-state index contributed by atoms with van der Waals surface area (Å²) >= 11 is 0. The Balaban J connectivity index is 1.26. The van der Waals surface area contributed by atoms with E-state index in [2.05, 4.69) is 20.8 Å². The molecular weight excluding hydrogens is 444 g/mol. The molecular formula is C26H26N6O3. The van der Waals surface area contributed by atoms with Gasteiger partial charge in [-0.1, -0.05) is 17.7 Å². The topological polar surface area (TPSA) is 103 Å². The van der Waals surface area contributed by atoms with E-state index >= 15 is 0 Å². The Morgan fingerprint density at radius 1 is 1.00 bits per heavy atom. The third-order valence-electron chi connectivity index (χ3n) is 5.99. The summed E-state index contributed by atoms with van der Waals surface area (Å²) in [5.41, 5.74) is 5.80. The molecule has 5 rings (SSSR count). The second kappa shape index (κ2) is 9.46. The van der Waals surface area contributed by atoms with E-state index in [0.29, 0.717) is 22.8 Å². The number of hydrogen-bond donors (Lipinski definition) is 2. The molecule has 0 spiro atoms. The van der Waals surface area contributed by atoms with Gasteiger partial charge in [0.15, 0.2) is 5.69 Å². The van der Waals surface area contributed by atoms with Gasteiger partial charge in [-0.25, -0.2) is 4.68 Å². The zero-order valence-electron chi connectivity index (χ0n) is 19.6. The fourth-order valence-electron chi connectivity index (χ4n) is 4.25. The molecule has 4 aromatic rings. The Bertz CT molecular complexity index is 1370. The highest BCUT2D eigenvalue weighted by atomic mass is 16.5. The molecule has 9 heteroatoms. The molecule has 2 aromatic heterocycles. The molecule has 1 aliphatic carbocycles. The van der Waals surface area contributed by atoms with Gasteiger partial charge in [-0.15, -0.1) is 0 Å². The van der Waals surface area contributed by atoms with Crippen LogP contribution in [0.1, 0.15) is 33.7 Å². The molecule has 0 fully saturated rings. The van der Waals surface area contributed by atoms with Gasteiger partial charge in [0.2, 0.25) is 5.91 Å². The Morgan fingerprint density at radius 3 is 2.51 bits per heavy atom. The Morgan fingerprint density at radius 2 is 1.77 bits per heavy atom. The van der Waals surface area contributed by atoms with Gasteiger partial charge in [0.25, 0.3) is 5.91 Å². The molecule has 2 aromatic carbocycles. The standard InChI is InChI=1S/C26H26N6O3/c1-17-6-10-20(11-7-17)32-23-5-3-4-22(23)25(30-32)26(34)29-19-14-27-31(15-19)16-24(33)28-18-8-12-21(35-2)13-9-18/h6-15H,3-5,16H2,1-2H3,(H,28,33)(H,29,34). The van der Waals surface area contributed by atoms with Gasteiger partial charge in [-0.3, -0.25) is 14.3 Å². The maximum atomic E-state index is 13.1. The number of carbonyl (C=O) groups excluding carboxylic acids is 2. The van der Waals surface area contributed by atoms with Crippen molar-refractivity contribution in [3.05, 3.63) is 83.4 Å². The Hall–Kier alpha value is -4.40. The van der Waals surface area contributed by atoms with Crippen molar-refractivity contribution in [2.75, 3.05) is 17.7 Å². The van der Waals surface area contributed by atoms with Gasteiger partial charge in [0.05, 0.1) is 24.7 Å². The van der Waals surface area contributed by atoms with E-state index in [9.17, 15) is 9.59 Å². The summed E-state index contributed by atoms with van der Waals surface area (Å²) < 4.78 is 8.48. The van der Waals surface area contributed by atoms with Gasteiger partial charge in [-0.05, 0) is 62.6 Å². The summed E-state index contributed by atoms with van der Waals surface area (Å²) in [4.78, 5) is 25.5. The van der Waals surface area contributed by atoms with Crippen molar-refractivity contribution in [2.24, 2.45) is 0 Å². The maximum Gasteiger partial charge on any atom is 0.276 e. The van der Waals surface area contributed by atoms with Crippen molar-refractivity contribution in [1.82, 2.24) is 19.6 Å². The van der Waals surface area contributed by atoms with Crippen LogP contribution >= 0.6 is 0 Å². The zero-order chi connectivity index (χ0) is 24.4. The minimum Gasteiger partial charge on any atom is -0.497 e. The molecule has 2 N–H and O–H groups in total. The third-order valence-corrected chi connectivity index (χ3v) is 5.99. The first-order valence-corrected chi connectivity index (χ1v) is 11.5. The quantitative estimate of drug-likeness (QED) is 0.428. The fourth-order valence-corrected chi connectivity index (χ4v) is 4.25. The van der Waals surface area contributed by atoms with Crippen molar-refractivity contribution in [3.8, 4) is 11.4 Å². The molecule has 0 radical (unpaired) electrons. The van der Waals surface area contributed by atoms with Crippen molar-refractivity contribution in [3.63, 3.8) is 0 Å². The number of benzene rings is 2. The molecule has 0 bridgehead atoms. The van der Waals surface area contributed by atoms with Crippen molar-refractivity contribution in [2.45, 2.75) is 32.7 Å². The smallest absolute Gasteiger partial charge is 0.276 e. The van der Waals surface area contributed by atoms with Crippen LogP contribution in [-0.4, -0.2) is 38.5 Å². The summed E-state index contributed by atoms with van der Waals surface area (Å²) in [6.07, 6.45) is 5.87. The summed E-state index contributed by atoms with van der Waals surface area (Å²) in [6.45, 7) is 2.05. The minimum atomic E-state index is -0.281. The van der Waals surface area contributed by atoms with Gasteiger partial charge in [0, 0.05) is 23.1 Å². The van der Waals surface area contributed by atoms with Crippen LogP contribution in [0.4, 0.5) is 11.4 Å². The number of carbonyl (C=O) groups is 2. The third kappa shape index (κ3) is 4.79. The molecule has 2 heterocycles. The normalized spacial score (nSPS) is 12.3. The summed E-state index contributed by atoms with van der Waals surface area (Å²) in [7, 11) is 1.59. The van der Waals surface area contributed by atoms with E-state index in [-0.39, 0.29) is 18.4 Å². The van der Waals surface area contributed by atoms with Gasteiger partial charge < -0.3 is 15.4 Å². The second-order valence-corrected chi connectivity index (χ2v) is 8.53. The van der Waals surface area contributed by atoms with Gasteiger partial charge >= 0.3 is 0 Å². The summed E-state index contributed by atoms with van der Waals surface area (Å²) in [6, 6.07) is 15.2. The number of rotatable bonds is 7. The van der Waals surface area contributed by atoms with Crippen molar-refractivity contribution >= 4 is 23.2 Å². The first kappa shape index (κ1) is 22.4. The number of methoxy groups -OCH3 is 1. The number of ether oxygens (including phenoxy) is 1. The minimum absolute atomic E-state index is 0.0132. The van der Waals surface area contributed by atoms with Crippen LogP contribution in [0.3, 0.4) is 0 Å². The van der Waals surface area contributed by atoms with Crippen molar-refractivity contribution < 1.29 is 14.3 Å². The number of nitrogens with zero attached hydrogens (tertiary/aromatic N) is 4. The van der Waals surface area contributed by atoms with Crippen LogP contribution < -0.4 is 15.4 Å². The number of aryl methyl sites for hydroxylation is 1. The average molecular weight is 471 g/mol. The van der Waals surface area contributed by atoms with Gasteiger partial charge in [0.1, 0.15) is 12.3 Å².